The molecule has 1 saturated heterocycles. The lowest BCUT2D eigenvalue weighted by molar-refractivity contribution is 0.0351. The van der Waals surface area contributed by atoms with Crippen LogP contribution >= 0.6 is 0 Å². The van der Waals surface area contributed by atoms with Crippen molar-refractivity contribution in [2.45, 2.75) is 25.1 Å². The topological polar surface area (TPSA) is 103 Å². The standard InChI is InChI=1S/C14H16N4O2/c1-7-11-12(8-3-2-4-9(19)5-8)10(6-15)13(16)20-14(11)18-17-7/h2-5,7,11-12,14,17-19H,16H2,1H3. The molecule has 0 saturated carbocycles. The van der Waals surface area contributed by atoms with Crippen molar-refractivity contribution in [1.82, 2.24) is 10.9 Å². The molecule has 1 aromatic rings. The lowest BCUT2D eigenvalue weighted by atomic mass is 9.76. The molecule has 2 heterocycles. The quantitative estimate of drug-likeness (QED) is 0.598. The van der Waals surface area contributed by atoms with Gasteiger partial charge in [-0.15, -0.1) is 0 Å². The maximum Gasteiger partial charge on any atom is 0.200 e. The molecule has 0 amide bonds. The van der Waals surface area contributed by atoms with Crippen LogP contribution in [0.4, 0.5) is 0 Å². The van der Waals surface area contributed by atoms with Gasteiger partial charge in [0.1, 0.15) is 11.8 Å². The van der Waals surface area contributed by atoms with E-state index in [1.54, 1.807) is 18.2 Å². The lowest BCUT2D eigenvalue weighted by Gasteiger charge is -2.35. The summed E-state index contributed by atoms with van der Waals surface area (Å²) in [7, 11) is 0. The zero-order valence-electron chi connectivity index (χ0n) is 11.0. The van der Waals surface area contributed by atoms with Gasteiger partial charge in [-0.1, -0.05) is 12.1 Å². The number of nitrogens with zero attached hydrogens (tertiary/aromatic N) is 1. The van der Waals surface area contributed by atoms with E-state index in [4.69, 9.17) is 10.5 Å². The molecule has 4 unspecified atom stereocenters. The van der Waals surface area contributed by atoms with Gasteiger partial charge >= 0.3 is 0 Å². The van der Waals surface area contributed by atoms with Crippen molar-refractivity contribution in [2.24, 2.45) is 11.7 Å². The fourth-order valence-electron chi connectivity index (χ4n) is 3.02. The number of phenols is 1. The molecule has 5 N–H and O–H groups in total. The molecular formula is C14H16N4O2. The van der Waals surface area contributed by atoms with Crippen molar-refractivity contribution in [3.63, 3.8) is 0 Å². The minimum absolute atomic E-state index is 0.0266. The monoisotopic (exact) mass is 272 g/mol. The van der Waals surface area contributed by atoms with Gasteiger partial charge in [0.05, 0.1) is 5.57 Å². The van der Waals surface area contributed by atoms with Crippen molar-refractivity contribution in [1.29, 1.82) is 5.26 Å². The van der Waals surface area contributed by atoms with Crippen LogP contribution in [-0.4, -0.2) is 17.4 Å². The smallest absolute Gasteiger partial charge is 0.200 e. The van der Waals surface area contributed by atoms with Crippen LogP contribution in [0.25, 0.3) is 0 Å². The van der Waals surface area contributed by atoms with E-state index in [1.807, 2.05) is 13.0 Å². The Kier molecular flexibility index (Phi) is 3.01. The molecule has 2 aliphatic rings. The first-order chi connectivity index (χ1) is 9.61. The molecule has 6 nitrogen and oxygen atoms in total. The van der Waals surface area contributed by atoms with Crippen LogP contribution in [0, 0.1) is 17.2 Å². The van der Waals surface area contributed by atoms with Crippen LogP contribution in [0.1, 0.15) is 18.4 Å². The molecule has 0 aliphatic carbocycles. The predicted octanol–water partition coefficient (Wildman–Crippen LogP) is 0.638. The van der Waals surface area contributed by atoms with Gasteiger partial charge in [-0.3, -0.25) is 5.43 Å². The van der Waals surface area contributed by atoms with E-state index in [0.29, 0.717) is 5.57 Å². The second-order valence-corrected chi connectivity index (χ2v) is 5.16. The second kappa shape index (κ2) is 4.71. The summed E-state index contributed by atoms with van der Waals surface area (Å²) in [5.41, 5.74) is 13.3. The Labute approximate surface area is 116 Å². The lowest BCUT2D eigenvalue weighted by Crippen LogP contribution is -2.41. The summed E-state index contributed by atoms with van der Waals surface area (Å²) >= 11 is 0. The molecule has 1 fully saturated rings. The fourth-order valence-corrected chi connectivity index (χ4v) is 3.02. The van der Waals surface area contributed by atoms with Crippen LogP contribution < -0.4 is 16.6 Å². The van der Waals surface area contributed by atoms with Crippen LogP contribution in [0.5, 0.6) is 5.75 Å². The molecule has 0 bridgehead atoms. The number of nitriles is 1. The minimum atomic E-state index is -0.283. The average molecular weight is 272 g/mol. The number of benzene rings is 1. The summed E-state index contributed by atoms with van der Waals surface area (Å²) in [6.45, 7) is 2.02. The molecule has 20 heavy (non-hydrogen) atoms. The van der Waals surface area contributed by atoms with Gasteiger partial charge in [0, 0.05) is 17.9 Å². The zero-order valence-corrected chi connectivity index (χ0v) is 11.0. The molecule has 3 rings (SSSR count). The molecule has 0 radical (unpaired) electrons. The third-order valence-electron chi connectivity index (χ3n) is 3.95. The van der Waals surface area contributed by atoms with Crippen LogP contribution in [0.3, 0.4) is 0 Å². The number of nitrogens with two attached hydrogens (primary N) is 1. The fraction of sp³-hybridized carbons (Fsp3) is 0.357. The number of hydrogen-bond acceptors (Lipinski definition) is 6. The number of nitrogens with one attached hydrogen (secondary N) is 2. The van der Waals surface area contributed by atoms with Gasteiger partial charge in [-0.2, -0.15) is 5.26 Å². The van der Waals surface area contributed by atoms with Gasteiger partial charge in [0.25, 0.3) is 0 Å². The van der Waals surface area contributed by atoms with Crippen molar-refractivity contribution < 1.29 is 9.84 Å². The normalized spacial score (nSPS) is 32.4. The molecule has 2 aliphatic heterocycles. The number of hydrazine groups is 1. The van der Waals surface area contributed by atoms with Crippen LogP contribution in [0.2, 0.25) is 0 Å². The van der Waals surface area contributed by atoms with Crippen molar-refractivity contribution >= 4 is 0 Å². The SMILES string of the molecule is CC1NNC2OC(N)=C(C#N)C(c3cccc(O)c3)C12. The van der Waals surface area contributed by atoms with Crippen molar-refractivity contribution in [3.05, 3.63) is 41.3 Å². The number of aromatic hydroxyl groups is 1. The van der Waals surface area contributed by atoms with E-state index in [-0.39, 0.29) is 35.7 Å². The summed E-state index contributed by atoms with van der Waals surface area (Å²) in [5.74, 6) is 0.139. The van der Waals surface area contributed by atoms with E-state index in [0.717, 1.165) is 5.56 Å². The first-order valence-electron chi connectivity index (χ1n) is 6.48. The number of allylic oxidation sites excluding steroid dienone is 1. The van der Waals surface area contributed by atoms with Gasteiger partial charge in [0.2, 0.25) is 5.88 Å². The molecule has 0 aromatic heterocycles. The maximum absolute atomic E-state index is 9.68. The van der Waals surface area contributed by atoms with Crippen molar-refractivity contribution in [3.8, 4) is 11.8 Å². The zero-order chi connectivity index (χ0) is 14.3. The van der Waals surface area contributed by atoms with E-state index in [1.165, 1.54) is 0 Å². The largest absolute Gasteiger partial charge is 0.508 e. The summed E-state index contributed by atoms with van der Waals surface area (Å²) in [6, 6.07) is 9.19. The number of fused-ring (bicyclic) bond motifs is 1. The molecule has 0 spiro atoms. The molecule has 1 aromatic carbocycles. The molecular weight excluding hydrogens is 256 g/mol. The first kappa shape index (κ1) is 12.8. The number of hydrogen-bond donors (Lipinski definition) is 4. The van der Waals surface area contributed by atoms with Gasteiger partial charge in [-0.25, -0.2) is 5.43 Å². The highest BCUT2D eigenvalue weighted by Crippen LogP contribution is 2.43. The van der Waals surface area contributed by atoms with E-state index < -0.39 is 0 Å². The minimum Gasteiger partial charge on any atom is -0.508 e. The summed E-state index contributed by atoms with van der Waals surface area (Å²) in [6.07, 6.45) is -0.283. The number of phenolic OH excluding ortho intramolecular Hbond substituents is 1. The highest BCUT2D eigenvalue weighted by molar-refractivity contribution is 5.43. The Morgan fingerprint density at radius 2 is 2.20 bits per heavy atom. The van der Waals surface area contributed by atoms with E-state index in [9.17, 15) is 10.4 Å². The number of ether oxygens (including phenoxy) is 1. The predicted molar refractivity (Wildman–Crippen MR) is 71.8 cm³/mol. The van der Waals surface area contributed by atoms with Gasteiger partial charge < -0.3 is 15.6 Å². The summed E-state index contributed by atoms with van der Waals surface area (Å²) in [4.78, 5) is 0. The van der Waals surface area contributed by atoms with Crippen molar-refractivity contribution in [2.75, 3.05) is 0 Å². The molecule has 104 valence electrons. The highest BCUT2D eigenvalue weighted by Gasteiger charge is 2.47. The second-order valence-electron chi connectivity index (χ2n) is 5.16. The van der Waals surface area contributed by atoms with E-state index in [2.05, 4.69) is 16.9 Å². The molecule has 6 heteroatoms. The first-order valence-corrected chi connectivity index (χ1v) is 6.48. The van der Waals surface area contributed by atoms with Crippen LogP contribution in [-0.2, 0) is 4.74 Å². The van der Waals surface area contributed by atoms with Crippen LogP contribution in [0.15, 0.2) is 35.7 Å². The third-order valence-corrected chi connectivity index (χ3v) is 3.95. The van der Waals surface area contributed by atoms with Gasteiger partial charge in [-0.05, 0) is 24.6 Å². The number of rotatable bonds is 1. The van der Waals surface area contributed by atoms with E-state index >= 15 is 0 Å². The summed E-state index contributed by atoms with van der Waals surface area (Å²) in [5, 5.41) is 19.1. The third kappa shape index (κ3) is 1.88. The average Bonchev–Trinajstić information content (AvgIpc) is 2.78. The molecule has 4 atom stereocenters. The Bertz CT molecular complexity index is 607. The Morgan fingerprint density at radius 1 is 1.40 bits per heavy atom. The Hall–Kier alpha value is -2.23. The Balaban J connectivity index is 2.12. The maximum atomic E-state index is 9.68. The Morgan fingerprint density at radius 3 is 2.90 bits per heavy atom. The van der Waals surface area contributed by atoms with Gasteiger partial charge in [0.15, 0.2) is 6.23 Å². The summed E-state index contributed by atoms with van der Waals surface area (Å²) < 4.78 is 5.56. The highest BCUT2D eigenvalue weighted by atomic mass is 16.5.